The molecule has 0 atom stereocenters. The van der Waals surface area contributed by atoms with E-state index in [1.807, 2.05) is 6.07 Å². The van der Waals surface area contributed by atoms with Crippen LogP contribution >= 0.6 is 0 Å². The lowest BCUT2D eigenvalue weighted by atomic mass is 10.2. The molecule has 3 aromatic rings. The monoisotopic (exact) mass is 462 g/mol. The van der Waals surface area contributed by atoms with E-state index < -0.39 is 5.82 Å². The summed E-state index contributed by atoms with van der Waals surface area (Å²) in [6.45, 7) is 3.39. The van der Waals surface area contributed by atoms with E-state index in [2.05, 4.69) is 20.2 Å². The Labute approximate surface area is 197 Å². The van der Waals surface area contributed by atoms with Gasteiger partial charge in [-0.25, -0.2) is 9.37 Å². The predicted molar refractivity (Wildman–Crippen MR) is 127 cm³/mol. The van der Waals surface area contributed by atoms with Crippen LogP contribution in [0.3, 0.4) is 0 Å². The van der Waals surface area contributed by atoms with E-state index in [0.717, 1.165) is 45.3 Å². The Hall–Kier alpha value is -3.51. The number of nitrogens with one attached hydrogen (secondary N) is 1. The Kier molecular flexibility index (Phi) is 6.41. The molecule has 2 aromatic heterocycles. The van der Waals surface area contributed by atoms with Gasteiger partial charge >= 0.3 is 0 Å². The maximum Gasteiger partial charge on any atom is 0.270 e. The van der Waals surface area contributed by atoms with Gasteiger partial charge in [0.25, 0.3) is 5.56 Å². The van der Waals surface area contributed by atoms with Crippen LogP contribution in [0.2, 0.25) is 0 Å². The van der Waals surface area contributed by atoms with Gasteiger partial charge < -0.3 is 10.1 Å². The van der Waals surface area contributed by atoms with Gasteiger partial charge in [-0.1, -0.05) is 12.8 Å². The summed E-state index contributed by atoms with van der Waals surface area (Å²) in [5.74, 6) is 0.00229. The van der Waals surface area contributed by atoms with E-state index in [1.165, 1.54) is 25.0 Å². The largest absolute Gasteiger partial charge is 0.489 e. The van der Waals surface area contributed by atoms with Gasteiger partial charge in [0.2, 0.25) is 5.95 Å². The number of aromatic nitrogens is 3. The third-order valence-electron chi connectivity index (χ3n) is 6.64. The first-order valence-corrected chi connectivity index (χ1v) is 11.9. The Bertz CT molecular complexity index is 1290. The molecule has 2 aliphatic rings. The number of anilines is 2. The smallest absolute Gasteiger partial charge is 0.270 e. The highest BCUT2D eigenvalue weighted by molar-refractivity contribution is 5.77. The van der Waals surface area contributed by atoms with Gasteiger partial charge in [0.15, 0.2) is 11.6 Å². The number of nitriles is 1. The molecule has 1 aliphatic heterocycles. The zero-order chi connectivity index (χ0) is 23.5. The molecule has 1 aliphatic carbocycles. The fourth-order valence-corrected chi connectivity index (χ4v) is 4.88. The van der Waals surface area contributed by atoms with Crippen LogP contribution in [0.25, 0.3) is 11.0 Å². The number of pyridine rings is 1. The summed E-state index contributed by atoms with van der Waals surface area (Å²) >= 11 is 0. The number of hydrogen-bond donors (Lipinski definition) is 1. The van der Waals surface area contributed by atoms with Crippen molar-refractivity contribution < 1.29 is 9.13 Å². The Balaban J connectivity index is 1.36. The molecule has 176 valence electrons. The number of halogens is 1. The average molecular weight is 463 g/mol. The topological polar surface area (TPSA) is 96.1 Å². The molecule has 0 unspecified atom stereocenters. The number of ether oxygens (including phenoxy) is 1. The summed E-state index contributed by atoms with van der Waals surface area (Å²) in [6.07, 6.45) is 7.84. The van der Waals surface area contributed by atoms with Crippen molar-refractivity contribution in [2.75, 3.05) is 31.6 Å². The lowest BCUT2D eigenvalue weighted by Crippen LogP contribution is -2.26. The van der Waals surface area contributed by atoms with Gasteiger partial charge in [-0.05, 0) is 57.0 Å². The van der Waals surface area contributed by atoms with Crippen LogP contribution in [0.5, 0.6) is 5.75 Å². The van der Waals surface area contributed by atoms with Crippen molar-refractivity contribution in [3.05, 3.63) is 52.2 Å². The van der Waals surface area contributed by atoms with E-state index in [0.29, 0.717) is 23.3 Å². The van der Waals surface area contributed by atoms with Crippen LogP contribution in [0.15, 0.2) is 35.3 Å². The lowest BCUT2D eigenvalue weighted by Gasteiger charge is -2.17. The molecule has 0 radical (unpaired) electrons. The fraction of sp³-hybridized carbons (Fsp3) is 0.440. The highest BCUT2D eigenvalue weighted by Crippen LogP contribution is 2.31. The highest BCUT2D eigenvalue weighted by Gasteiger charge is 2.23. The molecular formula is C25H27FN6O2. The molecule has 0 spiro atoms. The standard InChI is InChI=1S/C25H27FN6O2/c26-21-14-19(7-8-22(21)34-12-11-31-9-3-4-10-31)29-25-28-16-18-13-17(15-27)24(33)32(23(18)30-25)20-5-1-2-6-20/h7-8,13-14,16,20H,1-6,9-12H2,(H,28,29,30). The van der Waals surface area contributed by atoms with E-state index in [-0.39, 0.29) is 28.9 Å². The van der Waals surface area contributed by atoms with E-state index in [1.54, 1.807) is 22.9 Å². The Morgan fingerprint density at radius 1 is 1.18 bits per heavy atom. The SMILES string of the molecule is N#Cc1cc2cnc(Nc3ccc(OCCN4CCCC4)c(F)c3)nc2n(C2CCCC2)c1=O. The molecule has 5 rings (SSSR count). The number of fused-ring (bicyclic) bond motifs is 1. The first-order chi connectivity index (χ1) is 16.6. The first kappa shape index (κ1) is 22.3. The van der Waals surface area contributed by atoms with Crippen molar-refractivity contribution in [3.63, 3.8) is 0 Å². The van der Waals surface area contributed by atoms with Gasteiger partial charge in [0, 0.05) is 35.9 Å². The maximum absolute atomic E-state index is 14.6. The number of hydrogen-bond acceptors (Lipinski definition) is 7. The van der Waals surface area contributed by atoms with E-state index in [9.17, 15) is 14.4 Å². The zero-order valence-corrected chi connectivity index (χ0v) is 19.0. The number of likely N-dealkylation sites (tertiary alicyclic amines) is 1. The highest BCUT2D eigenvalue weighted by atomic mass is 19.1. The lowest BCUT2D eigenvalue weighted by molar-refractivity contribution is 0.231. The van der Waals surface area contributed by atoms with Crippen LogP contribution in [-0.4, -0.2) is 45.7 Å². The molecular weight excluding hydrogens is 435 g/mol. The summed E-state index contributed by atoms with van der Waals surface area (Å²) in [5, 5.41) is 13.0. The van der Waals surface area contributed by atoms with Crippen molar-refractivity contribution >= 4 is 22.7 Å². The summed E-state index contributed by atoms with van der Waals surface area (Å²) < 4.78 is 21.9. The molecule has 1 N–H and O–H groups in total. The summed E-state index contributed by atoms with van der Waals surface area (Å²) in [5.41, 5.74) is 0.724. The second kappa shape index (κ2) is 9.77. The normalized spacial score (nSPS) is 16.7. The molecule has 34 heavy (non-hydrogen) atoms. The van der Waals surface area contributed by atoms with Gasteiger partial charge in [-0.15, -0.1) is 0 Å². The molecule has 1 saturated carbocycles. The molecule has 1 saturated heterocycles. The minimum Gasteiger partial charge on any atom is -0.489 e. The van der Waals surface area contributed by atoms with Crippen molar-refractivity contribution in [3.8, 4) is 11.8 Å². The summed E-state index contributed by atoms with van der Waals surface area (Å²) in [7, 11) is 0. The third kappa shape index (κ3) is 4.59. The minimum atomic E-state index is -0.464. The number of benzene rings is 1. The van der Waals surface area contributed by atoms with Crippen LogP contribution in [0, 0.1) is 17.1 Å². The zero-order valence-electron chi connectivity index (χ0n) is 19.0. The van der Waals surface area contributed by atoms with E-state index in [4.69, 9.17) is 4.74 Å². The Morgan fingerprint density at radius 2 is 1.97 bits per heavy atom. The second-order valence-electron chi connectivity index (χ2n) is 8.92. The van der Waals surface area contributed by atoms with Gasteiger partial charge in [0.1, 0.15) is 23.9 Å². The Morgan fingerprint density at radius 3 is 2.71 bits per heavy atom. The average Bonchev–Trinajstić information content (AvgIpc) is 3.55. The predicted octanol–water partition coefficient (Wildman–Crippen LogP) is 4.14. The van der Waals surface area contributed by atoms with Crippen molar-refractivity contribution in [1.29, 1.82) is 5.26 Å². The first-order valence-electron chi connectivity index (χ1n) is 11.9. The van der Waals surface area contributed by atoms with Crippen molar-refractivity contribution in [1.82, 2.24) is 19.4 Å². The van der Waals surface area contributed by atoms with E-state index >= 15 is 0 Å². The summed E-state index contributed by atoms with van der Waals surface area (Å²) in [4.78, 5) is 24.1. The molecule has 2 fully saturated rings. The number of rotatable bonds is 7. The molecule has 0 amide bonds. The van der Waals surface area contributed by atoms with Gasteiger partial charge in [0.05, 0.1) is 0 Å². The minimum absolute atomic E-state index is 0.0143. The molecule has 8 nitrogen and oxygen atoms in total. The van der Waals surface area contributed by atoms with Crippen molar-refractivity contribution in [2.24, 2.45) is 0 Å². The molecule has 0 bridgehead atoms. The van der Waals surface area contributed by atoms with Crippen LogP contribution in [0.4, 0.5) is 16.0 Å². The number of nitrogens with zero attached hydrogens (tertiary/aromatic N) is 5. The van der Waals surface area contributed by atoms with Gasteiger partial charge in [-0.3, -0.25) is 14.3 Å². The quantitative estimate of drug-likeness (QED) is 0.564. The fourth-order valence-electron chi connectivity index (χ4n) is 4.88. The second-order valence-corrected chi connectivity index (χ2v) is 8.92. The van der Waals surface area contributed by atoms with Crippen LogP contribution in [0.1, 0.15) is 50.1 Å². The molecule has 1 aromatic carbocycles. The van der Waals surface area contributed by atoms with Gasteiger partial charge in [-0.2, -0.15) is 10.2 Å². The molecule has 3 heterocycles. The molecule has 9 heteroatoms. The van der Waals surface area contributed by atoms with Crippen LogP contribution < -0.4 is 15.6 Å². The summed E-state index contributed by atoms with van der Waals surface area (Å²) in [6, 6.07) is 8.19. The van der Waals surface area contributed by atoms with Crippen molar-refractivity contribution in [2.45, 2.75) is 44.6 Å². The third-order valence-corrected chi connectivity index (χ3v) is 6.64. The maximum atomic E-state index is 14.6. The van der Waals surface area contributed by atoms with Crippen LogP contribution in [-0.2, 0) is 0 Å².